The first kappa shape index (κ1) is 12.1. The molecule has 0 aliphatic rings. The summed E-state index contributed by atoms with van der Waals surface area (Å²) in [5.74, 6) is -0.384. The van der Waals surface area contributed by atoms with E-state index in [2.05, 4.69) is 4.98 Å². The first-order valence-corrected chi connectivity index (χ1v) is 6.17. The summed E-state index contributed by atoms with van der Waals surface area (Å²) in [5, 5.41) is 0.921. The topological polar surface area (TPSA) is 12.9 Å². The maximum atomic E-state index is 13.6. The first-order valence-electron chi connectivity index (χ1n) is 4.34. The third-order valence-electron chi connectivity index (χ3n) is 1.94. The Hall–Kier alpha value is -0.390. The molecule has 1 aromatic heterocycles. The molecule has 0 amide bonds. The third kappa shape index (κ3) is 2.64. The highest BCUT2D eigenvalue weighted by Crippen LogP contribution is 2.27. The number of rotatable bonds is 1. The molecule has 0 fully saturated rings. The largest absolute Gasteiger partial charge is 0.252 e. The standard InChI is InChI=1S/C11H5Cl2FIN/c12-7-1-6(2-8(13)3-7)11-10(14)4-9(15)5-16-11/h1-5H. The average molecular weight is 368 g/mol. The Morgan fingerprint density at radius 3 is 2.25 bits per heavy atom. The zero-order chi connectivity index (χ0) is 11.7. The molecule has 0 radical (unpaired) electrons. The average Bonchev–Trinajstić information content (AvgIpc) is 2.15. The lowest BCUT2D eigenvalue weighted by atomic mass is 10.1. The van der Waals surface area contributed by atoms with Gasteiger partial charge in [-0.15, -0.1) is 0 Å². The lowest BCUT2D eigenvalue weighted by molar-refractivity contribution is 0.624. The molecule has 1 nitrogen and oxygen atoms in total. The Labute approximate surface area is 116 Å². The maximum Gasteiger partial charge on any atom is 0.150 e. The predicted molar refractivity (Wildman–Crippen MR) is 72.4 cm³/mol. The van der Waals surface area contributed by atoms with Gasteiger partial charge in [0.1, 0.15) is 5.69 Å². The van der Waals surface area contributed by atoms with E-state index in [9.17, 15) is 4.39 Å². The van der Waals surface area contributed by atoms with Crippen LogP contribution in [-0.2, 0) is 0 Å². The zero-order valence-corrected chi connectivity index (χ0v) is 11.5. The highest BCUT2D eigenvalue weighted by Gasteiger charge is 2.08. The number of pyridine rings is 1. The second-order valence-electron chi connectivity index (χ2n) is 3.14. The van der Waals surface area contributed by atoms with Crippen LogP contribution >= 0.6 is 45.8 Å². The summed E-state index contributed by atoms with van der Waals surface area (Å²) in [5.41, 5.74) is 0.830. The SMILES string of the molecule is Fc1cc(I)cnc1-c1cc(Cl)cc(Cl)c1. The van der Waals surface area contributed by atoms with Gasteiger partial charge in [0.15, 0.2) is 5.82 Å². The van der Waals surface area contributed by atoms with Gasteiger partial charge in [-0.05, 0) is 46.9 Å². The van der Waals surface area contributed by atoms with E-state index in [-0.39, 0.29) is 11.5 Å². The Bertz CT molecular complexity index is 525. The zero-order valence-electron chi connectivity index (χ0n) is 7.85. The van der Waals surface area contributed by atoms with Gasteiger partial charge < -0.3 is 0 Å². The highest BCUT2D eigenvalue weighted by molar-refractivity contribution is 14.1. The molecule has 16 heavy (non-hydrogen) atoms. The van der Waals surface area contributed by atoms with Crippen molar-refractivity contribution >= 4 is 45.8 Å². The van der Waals surface area contributed by atoms with Gasteiger partial charge in [0.05, 0.1) is 0 Å². The van der Waals surface area contributed by atoms with Crippen molar-refractivity contribution < 1.29 is 4.39 Å². The summed E-state index contributed by atoms with van der Waals surface area (Å²) < 4.78 is 14.4. The molecule has 1 heterocycles. The lowest BCUT2D eigenvalue weighted by Crippen LogP contribution is -1.90. The molecule has 0 N–H and O–H groups in total. The van der Waals surface area contributed by atoms with E-state index in [1.807, 2.05) is 22.6 Å². The smallest absolute Gasteiger partial charge is 0.150 e. The molecule has 0 unspecified atom stereocenters. The van der Waals surface area contributed by atoms with Gasteiger partial charge in [-0.1, -0.05) is 23.2 Å². The number of halogens is 4. The molecule has 0 saturated heterocycles. The van der Waals surface area contributed by atoms with E-state index in [1.165, 1.54) is 6.07 Å². The predicted octanol–water partition coefficient (Wildman–Crippen LogP) is 4.80. The van der Waals surface area contributed by atoms with Crippen LogP contribution in [0.5, 0.6) is 0 Å². The van der Waals surface area contributed by atoms with E-state index >= 15 is 0 Å². The molecule has 0 spiro atoms. The van der Waals surface area contributed by atoms with Crippen LogP contribution in [0.3, 0.4) is 0 Å². The van der Waals surface area contributed by atoms with Crippen molar-refractivity contribution in [1.82, 2.24) is 4.98 Å². The van der Waals surface area contributed by atoms with Crippen LogP contribution < -0.4 is 0 Å². The van der Waals surface area contributed by atoms with Crippen LogP contribution in [0.2, 0.25) is 10.0 Å². The van der Waals surface area contributed by atoms with Gasteiger partial charge in [-0.3, -0.25) is 4.98 Å². The van der Waals surface area contributed by atoms with Crippen LogP contribution in [-0.4, -0.2) is 4.98 Å². The second-order valence-corrected chi connectivity index (χ2v) is 5.26. The molecule has 82 valence electrons. The minimum Gasteiger partial charge on any atom is -0.252 e. The molecule has 5 heteroatoms. The first-order chi connectivity index (χ1) is 7.56. The highest BCUT2D eigenvalue weighted by atomic mass is 127. The fourth-order valence-corrected chi connectivity index (χ4v) is 2.26. The monoisotopic (exact) mass is 367 g/mol. The third-order valence-corrected chi connectivity index (χ3v) is 2.97. The van der Waals surface area contributed by atoms with E-state index in [0.29, 0.717) is 15.6 Å². The maximum absolute atomic E-state index is 13.6. The molecule has 0 saturated carbocycles. The molecule has 0 aliphatic carbocycles. The van der Waals surface area contributed by atoms with Gasteiger partial charge in [0.2, 0.25) is 0 Å². The van der Waals surface area contributed by atoms with E-state index < -0.39 is 0 Å². The number of nitrogens with zero attached hydrogens (tertiary/aromatic N) is 1. The number of hydrogen-bond donors (Lipinski definition) is 0. The van der Waals surface area contributed by atoms with E-state index in [1.54, 1.807) is 24.4 Å². The summed E-state index contributed by atoms with van der Waals surface area (Å²) in [6.07, 6.45) is 1.59. The summed E-state index contributed by atoms with van der Waals surface area (Å²) in [6, 6.07) is 6.27. The Balaban J connectivity index is 2.58. The van der Waals surface area contributed by atoms with Crippen molar-refractivity contribution in [2.45, 2.75) is 0 Å². The molecule has 0 bridgehead atoms. The Kier molecular flexibility index (Phi) is 3.66. The van der Waals surface area contributed by atoms with Crippen molar-refractivity contribution in [3.8, 4) is 11.3 Å². The molecule has 2 rings (SSSR count). The van der Waals surface area contributed by atoms with Crippen molar-refractivity contribution in [3.05, 3.63) is 49.9 Å². The second kappa shape index (κ2) is 4.85. The molecule has 0 atom stereocenters. The van der Waals surface area contributed by atoms with Crippen LogP contribution in [0.15, 0.2) is 30.5 Å². The number of hydrogen-bond acceptors (Lipinski definition) is 1. The van der Waals surface area contributed by atoms with Crippen LogP contribution in [0, 0.1) is 9.39 Å². The van der Waals surface area contributed by atoms with Gasteiger partial charge >= 0.3 is 0 Å². The van der Waals surface area contributed by atoms with Crippen molar-refractivity contribution in [2.24, 2.45) is 0 Å². The summed E-state index contributed by atoms with van der Waals surface area (Å²) in [6.45, 7) is 0. The Morgan fingerprint density at radius 2 is 1.69 bits per heavy atom. The number of aromatic nitrogens is 1. The van der Waals surface area contributed by atoms with Gasteiger partial charge in [-0.25, -0.2) is 4.39 Å². The molecular formula is C11H5Cl2FIN. The van der Waals surface area contributed by atoms with Crippen LogP contribution in [0.1, 0.15) is 0 Å². The summed E-state index contributed by atoms with van der Waals surface area (Å²) in [4.78, 5) is 4.03. The van der Waals surface area contributed by atoms with Crippen molar-refractivity contribution in [3.63, 3.8) is 0 Å². The van der Waals surface area contributed by atoms with Gasteiger partial charge in [0, 0.05) is 25.4 Å². The molecule has 2 aromatic rings. The summed E-state index contributed by atoms with van der Waals surface area (Å²) >= 11 is 13.7. The van der Waals surface area contributed by atoms with E-state index in [4.69, 9.17) is 23.2 Å². The normalized spacial score (nSPS) is 10.5. The van der Waals surface area contributed by atoms with Crippen LogP contribution in [0.25, 0.3) is 11.3 Å². The van der Waals surface area contributed by atoms with Crippen molar-refractivity contribution in [2.75, 3.05) is 0 Å². The molecule has 1 aromatic carbocycles. The van der Waals surface area contributed by atoms with Crippen LogP contribution in [0.4, 0.5) is 4.39 Å². The van der Waals surface area contributed by atoms with Gasteiger partial charge in [0.25, 0.3) is 0 Å². The summed E-state index contributed by atoms with van der Waals surface area (Å²) in [7, 11) is 0. The molecular weight excluding hydrogens is 363 g/mol. The fraction of sp³-hybridized carbons (Fsp3) is 0. The molecule has 0 aliphatic heterocycles. The number of benzene rings is 1. The lowest BCUT2D eigenvalue weighted by Gasteiger charge is -2.04. The van der Waals surface area contributed by atoms with E-state index in [0.717, 1.165) is 3.57 Å². The minimum absolute atomic E-state index is 0.254. The minimum atomic E-state index is -0.384. The van der Waals surface area contributed by atoms with Gasteiger partial charge in [-0.2, -0.15) is 0 Å². The Morgan fingerprint density at radius 1 is 1.06 bits per heavy atom. The quantitative estimate of drug-likeness (QED) is 0.660. The fourth-order valence-electron chi connectivity index (χ4n) is 1.32. The van der Waals surface area contributed by atoms with Crippen molar-refractivity contribution in [1.29, 1.82) is 0 Å².